The minimum absolute atomic E-state index is 0.238. The van der Waals surface area contributed by atoms with Gasteiger partial charge in [-0.3, -0.25) is 4.79 Å². The molecule has 0 saturated heterocycles. The monoisotopic (exact) mass is 283 g/mol. The van der Waals surface area contributed by atoms with Crippen molar-refractivity contribution >= 4 is 13.1 Å². The highest BCUT2D eigenvalue weighted by molar-refractivity contribution is 6.40. The van der Waals surface area contributed by atoms with Crippen LogP contribution in [-0.2, 0) is 11.2 Å². The van der Waals surface area contributed by atoms with Crippen LogP contribution in [0.25, 0.3) is 0 Å². The van der Waals surface area contributed by atoms with Crippen LogP contribution < -0.4 is 5.73 Å². The molecule has 0 amide bonds. The van der Waals surface area contributed by atoms with Gasteiger partial charge in [-0.15, -0.1) is 0 Å². The van der Waals surface area contributed by atoms with Gasteiger partial charge in [0.05, 0.1) is 0 Å². The van der Waals surface area contributed by atoms with Gasteiger partial charge in [0, 0.05) is 18.8 Å². The highest BCUT2D eigenvalue weighted by atomic mass is 16.4. The number of hydrogen-bond donors (Lipinski definition) is 5. The number of carbonyl (C=O) groups is 1. The number of nitrogens with two attached hydrogens (primary N) is 1. The summed E-state index contributed by atoms with van der Waals surface area (Å²) in [5.41, 5.74) is 4.69. The molecule has 8 heteroatoms. The van der Waals surface area contributed by atoms with Crippen LogP contribution in [0.2, 0.25) is 6.32 Å². The summed E-state index contributed by atoms with van der Waals surface area (Å²) in [6.07, 6.45) is 6.71. The van der Waals surface area contributed by atoms with Gasteiger partial charge in [0.25, 0.3) is 0 Å². The minimum Gasteiger partial charge on any atom is -0.480 e. The molecule has 0 aliphatic carbocycles. The van der Waals surface area contributed by atoms with Crippen molar-refractivity contribution in [3.05, 3.63) is 18.2 Å². The molecule has 0 radical (unpaired) electrons. The van der Waals surface area contributed by atoms with Crippen molar-refractivity contribution in [3.8, 4) is 0 Å². The highest BCUT2D eigenvalue weighted by Gasteiger charge is 2.32. The van der Waals surface area contributed by atoms with E-state index in [0.717, 1.165) is 5.82 Å². The summed E-state index contributed by atoms with van der Waals surface area (Å²) in [5.74, 6) is -0.192. The van der Waals surface area contributed by atoms with E-state index in [4.69, 9.17) is 15.8 Å². The fourth-order valence-corrected chi connectivity index (χ4v) is 2.11. The van der Waals surface area contributed by atoms with Gasteiger partial charge in [-0.2, -0.15) is 0 Å². The maximum Gasteiger partial charge on any atom is 0.451 e. The second kappa shape index (κ2) is 8.03. The summed E-state index contributed by atoms with van der Waals surface area (Å²) in [4.78, 5) is 18.3. The number of carboxylic acid groups (broad SMARTS) is 1. The van der Waals surface area contributed by atoms with Crippen LogP contribution in [0.1, 0.15) is 37.9 Å². The van der Waals surface area contributed by atoms with Crippen LogP contribution in [0.5, 0.6) is 0 Å². The number of nitrogens with zero attached hydrogens (tertiary/aromatic N) is 1. The Hall–Kier alpha value is -1.38. The lowest BCUT2D eigenvalue weighted by atomic mass is 9.81. The zero-order valence-corrected chi connectivity index (χ0v) is 11.5. The molecule has 0 aliphatic rings. The molecule has 0 spiro atoms. The largest absolute Gasteiger partial charge is 0.480 e. The summed E-state index contributed by atoms with van der Waals surface area (Å²) in [7, 11) is -1.34. The zero-order valence-electron chi connectivity index (χ0n) is 11.5. The molecule has 0 aliphatic heterocycles. The number of rotatable bonds is 10. The number of hydrogen-bond acceptors (Lipinski definition) is 5. The Bertz CT molecular complexity index is 399. The molecule has 1 heterocycles. The molecule has 1 unspecified atom stereocenters. The lowest BCUT2D eigenvalue weighted by molar-refractivity contribution is -0.144. The number of aryl methyl sites for hydroxylation is 1. The average molecular weight is 283 g/mol. The number of H-pyrrole nitrogens is 1. The minimum atomic E-state index is -1.34. The Labute approximate surface area is 118 Å². The van der Waals surface area contributed by atoms with Gasteiger partial charge in [0.2, 0.25) is 0 Å². The van der Waals surface area contributed by atoms with E-state index in [-0.39, 0.29) is 6.32 Å². The molecule has 20 heavy (non-hydrogen) atoms. The molecule has 0 bridgehead atoms. The number of nitrogens with one attached hydrogen (secondary N) is 1. The van der Waals surface area contributed by atoms with Crippen molar-refractivity contribution in [3.63, 3.8) is 0 Å². The number of aromatic amines is 1. The Kier molecular flexibility index (Phi) is 6.70. The van der Waals surface area contributed by atoms with E-state index in [1.165, 1.54) is 0 Å². The number of carboxylic acids is 1. The van der Waals surface area contributed by atoms with Crippen LogP contribution in [-0.4, -0.2) is 43.7 Å². The molecular formula is C12H22BN3O4. The van der Waals surface area contributed by atoms with Gasteiger partial charge in [0.15, 0.2) is 0 Å². The van der Waals surface area contributed by atoms with Crippen LogP contribution in [0.3, 0.4) is 0 Å². The Balaban J connectivity index is 2.35. The van der Waals surface area contributed by atoms with Gasteiger partial charge in [-0.25, -0.2) is 4.98 Å². The first-order valence-electron chi connectivity index (χ1n) is 6.81. The van der Waals surface area contributed by atoms with E-state index in [9.17, 15) is 9.90 Å². The Morgan fingerprint density at radius 3 is 2.60 bits per heavy atom. The first-order valence-corrected chi connectivity index (χ1v) is 6.81. The predicted octanol–water partition coefficient (Wildman–Crippen LogP) is 0.158. The van der Waals surface area contributed by atoms with E-state index < -0.39 is 18.6 Å². The van der Waals surface area contributed by atoms with E-state index in [2.05, 4.69) is 9.97 Å². The Morgan fingerprint density at radius 1 is 1.35 bits per heavy atom. The van der Waals surface area contributed by atoms with Gasteiger partial charge in [-0.05, 0) is 25.6 Å². The summed E-state index contributed by atoms with van der Waals surface area (Å²) in [6, 6.07) is 0. The quantitative estimate of drug-likeness (QED) is 0.307. The first-order chi connectivity index (χ1) is 9.44. The molecule has 1 atom stereocenters. The normalized spacial score (nSPS) is 13.9. The second-order valence-corrected chi connectivity index (χ2v) is 5.08. The molecule has 6 N–H and O–H groups in total. The van der Waals surface area contributed by atoms with E-state index in [0.29, 0.717) is 38.5 Å². The van der Waals surface area contributed by atoms with E-state index in [1.54, 1.807) is 12.4 Å². The molecular weight excluding hydrogens is 261 g/mol. The van der Waals surface area contributed by atoms with E-state index in [1.807, 2.05) is 0 Å². The third kappa shape index (κ3) is 5.73. The molecule has 0 aromatic carbocycles. The van der Waals surface area contributed by atoms with Crippen molar-refractivity contribution in [2.24, 2.45) is 5.73 Å². The molecule has 0 fully saturated rings. The maximum atomic E-state index is 11.3. The fraction of sp³-hybridized carbons (Fsp3) is 0.667. The summed E-state index contributed by atoms with van der Waals surface area (Å²) in [5, 5.41) is 26.7. The SMILES string of the molecule is NC(CCCCB(O)O)(CCCc1ncc[nH]1)C(=O)O. The number of aromatic nitrogens is 2. The standard InChI is InChI=1S/C12H22BN3O4/c14-12(11(17)18,5-1-2-7-13(19)20)6-3-4-10-15-8-9-16-10/h8-9,19-20H,1-7,14H2,(H,15,16)(H,17,18). The van der Waals surface area contributed by atoms with Crippen molar-refractivity contribution in [2.45, 2.75) is 50.4 Å². The van der Waals surface area contributed by atoms with Gasteiger partial charge >= 0.3 is 13.1 Å². The lowest BCUT2D eigenvalue weighted by Gasteiger charge is -2.24. The highest BCUT2D eigenvalue weighted by Crippen LogP contribution is 2.20. The third-order valence-corrected chi connectivity index (χ3v) is 3.35. The van der Waals surface area contributed by atoms with Gasteiger partial charge in [-0.1, -0.05) is 12.8 Å². The summed E-state index contributed by atoms with van der Waals surface area (Å²) < 4.78 is 0. The second-order valence-electron chi connectivity index (χ2n) is 5.08. The smallest absolute Gasteiger partial charge is 0.451 e. The fourth-order valence-electron chi connectivity index (χ4n) is 2.11. The molecule has 112 valence electrons. The molecule has 0 saturated carbocycles. The van der Waals surface area contributed by atoms with Crippen LogP contribution in [0.4, 0.5) is 0 Å². The number of aliphatic carboxylic acids is 1. The Morgan fingerprint density at radius 2 is 2.05 bits per heavy atom. The maximum absolute atomic E-state index is 11.3. The zero-order chi connectivity index (χ0) is 15.0. The molecule has 1 aromatic rings. The lowest BCUT2D eigenvalue weighted by Crippen LogP contribution is -2.48. The topological polar surface area (TPSA) is 132 Å². The van der Waals surface area contributed by atoms with Crippen molar-refractivity contribution in [1.29, 1.82) is 0 Å². The summed E-state index contributed by atoms with van der Waals surface area (Å²) >= 11 is 0. The number of unbranched alkanes of at least 4 members (excludes halogenated alkanes) is 1. The summed E-state index contributed by atoms with van der Waals surface area (Å²) in [6.45, 7) is 0. The van der Waals surface area contributed by atoms with Crippen molar-refractivity contribution < 1.29 is 19.9 Å². The number of imidazole rings is 1. The van der Waals surface area contributed by atoms with E-state index >= 15 is 0 Å². The van der Waals surface area contributed by atoms with Gasteiger partial charge < -0.3 is 25.9 Å². The molecule has 1 rings (SSSR count). The first kappa shape index (κ1) is 16.7. The van der Waals surface area contributed by atoms with Crippen LogP contribution >= 0.6 is 0 Å². The molecule has 7 nitrogen and oxygen atoms in total. The van der Waals surface area contributed by atoms with Crippen LogP contribution in [0.15, 0.2) is 12.4 Å². The predicted molar refractivity (Wildman–Crippen MR) is 74.9 cm³/mol. The van der Waals surface area contributed by atoms with Gasteiger partial charge in [0.1, 0.15) is 11.4 Å². The third-order valence-electron chi connectivity index (χ3n) is 3.35. The van der Waals surface area contributed by atoms with Crippen molar-refractivity contribution in [2.75, 3.05) is 0 Å². The average Bonchev–Trinajstić information content (AvgIpc) is 2.87. The molecule has 1 aromatic heterocycles. The van der Waals surface area contributed by atoms with Crippen LogP contribution in [0, 0.1) is 0 Å². The van der Waals surface area contributed by atoms with Crippen molar-refractivity contribution in [1.82, 2.24) is 9.97 Å².